The van der Waals surface area contributed by atoms with Crippen LogP contribution in [0.15, 0.2) is 72.8 Å². The minimum atomic E-state index is -0.545. The van der Waals surface area contributed by atoms with Gasteiger partial charge in [0.2, 0.25) is 0 Å². The number of carbonyl (C=O) groups is 2. The number of esters is 2. The topological polar surface area (TPSA) is 93.1 Å². The zero-order chi connectivity index (χ0) is 19.9. The highest BCUT2D eigenvalue weighted by Gasteiger charge is 2.10. The summed E-state index contributed by atoms with van der Waals surface area (Å²) >= 11 is 0. The van der Waals surface area contributed by atoms with E-state index >= 15 is 0 Å². The lowest BCUT2D eigenvalue weighted by Gasteiger charge is -2.08. The second kappa shape index (κ2) is 8.73. The molecule has 3 rings (SSSR count). The summed E-state index contributed by atoms with van der Waals surface area (Å²) in [7, 11) is 0. The van der Waals surface area contributed by atoms with E-state index in [9.17, 15) is 19.8 Å². The van der Waals surface area contributed by atoms with E-state index in [0.717, 1.165) is 11.1 Å². The Bertz CT molecular complexity index is 919. The van der Waals surface area contributed by atoms with Crippen LogP contribution in [-0.2, 0) is 22.7 Å². The van der Waals surface area contributed by atoms with Crippen LogP contribution in [0.2, 0.25) is 0 Å². The van der Waals surface area contributed by atoms with Crippen LogP contribution >= 0.6 is 0 Å². The van der Waals surface area contributed by atoms with Crippen molar-refractivity contribution in [1.82, 2.24) is 0 Å². The Morgan fingerprint density at radius 2 is 1.07 bits per heavy atom. The first-order valence-electron chi connectivity index (χ1n) is 8.51. The Morgan fingerprint density at radius 1 is 0.643 bits per heavy atom. The van der Waals surface area contributed by atoms with Gasteiger partial charge in [-0.1, -0.05) is 30.3 Å². The second-order valence-corrected chi connectivity index (χ2v) is 6.07. The van der Waals surface area contributed by atoms with Gasteiger partial charge in [0, 0.05) is 0 Å². The molecule has 0 radical (unpaired) electrons. The predicted molar refractivity (Wildman–Crippen MR) is 101 cm³/mol. The van der Waals surface area contributed by atoms with Crippen LogP contribution in [-0.4, -0.2) is 22.2 Å². The third-order valence-electron chi connectivity index (χ3n) is 3.89. The average Bonchev–Trinajstić information content (AvgIpc) is 2.70. The van der Waals surface area contributed by atoms with Crippen molar-refractivity contribution < 1.29 is 29.3 Å². The van der Waals surface area contributed by atoms with E-state index < -0.39 is 11.9 Å². The largest absolute Gasteiger partial charge is 0.508 e. The summed E-state index contributed by atoms with van der Waals surface area (Å²) in [5, 5.41) is 18.8. The Labute approximate surface area is 161 Å². The summed E-state index contributed by atoms with van der Waals surface area (Å²) in [6, 6.07) is 19.0. The number of carbonyl (C=O) groups excluding carboxylic acids is 2. The molecule has 28 heavy (non-hydrogen) atoms. The number of hydrogen-bond donors (Lipinski definition) is 2. The molecule has 0 saturated heterocycles. The fourth-order valence-electron chi connectivity index (χ4n) is 2.54. The minimum Gasteiger partial charge on any atom is -0.508 e. The van der Waals surface area contributed by atoms with Crippen molar-refractivity contribution in [1.29, 1.82) is 0 Å². The molecule has 6 nitrogen and oxygen atoms in total. The molecule has 0 saturated carbocycles. The molecule has 0 bridgehead atoms. The molecule has 0 aromatic heterocycles. The SMILES string of the molecule is O=C(OCc1cccc(COC(=O)c2cccc(O)c2)c1)c1cccc(O)c1. The third-order valence-corrected chi connectivity index (χ3v) is 3.89. The Balaban J connectivity index is 1.56. The van der Waals surface area contributed by atoms with Crippen molar-refractivity contribution in [3.63, 3.8) is 0 Å². The van der Waals surface area contributed by atoms with Crippen molar-refractivity contribution in [2.75, 3.05) is 0 Å². The highest BCUT2D eigenvalue weighted by molar-refractivity contribution is 5.90. The van der Waals surface area contributed by atoms with E-state index in [-0.39, 0.29) is 35.8 Å². The highest BCUT2D eigenvalue weighted by atomic mass is 16.5. The predicted octanol–water partition coefficient (Wildman–Crippen LogP) is 3.81. The van der Waals surface area contributed by atoms with Gasteiger partial charge < -0.3 is 19.7 Å². The highest BCUT2D eigenvalue weighted by Crippen LogP contribution is 2.15. The molecule has 0 heterocycles. The summed E-state index contributed by atoms with van der Waals surface area (Å²) in [4.78, 5) is 24.1. The van der Waals surface area contributed by atoms with Crippen molar-refractivity contribution >= 4 is 11.9 Å². The molecule has 2 N–H and O–H groups in total. The summed E-state index contributed by atoms with van der Waals surface area (Å²) < 4.78 is 10.5. The smallest absolute Gasteiger partial charge is 0.338 e. The van der Waals surface area contributed by atoms with Crippen molar-refractivity contribution in [2.24, 2.45) is 0 Å². The van der Waals surface area contributed by atoms with E-state index in [4.69, 9.17) is 9.47 Å². The van der Waals surface area contributed by atoms with E-state index in [1.165, 1.54) is 24.3 Å². The van der Waals surface area contributed by atoms with Gasteiger partial charge in [-0.05, 0) is 53.6 Å². The van der Waals surface area contributed by atoms with Gasteiger partial charge in [0.25, 0.3) is 0 Å². The second-order valence-electron chi connectivity index (χ2n) is 6.07. The normalized spacial score (nSPS) is 10.3. The number of phenolic OH excluding ortho intramolecular Hbond substituents is 2. The number of benzene rings is 3. The molecular formula is C22H18O6. The fourth-order valence-corrected chi connectivity index (χ4v) is 2.54. The maximum atomic E-state index is 12.0. The maximum absolute atomic E-state index is 12.0. The molecule has 0 amide bonds. The van der Waals surface area contributed by atoms with Crippen LogP contribution < -0.4 is 0 Å². The summed E-state index contributed by atoms with van der Waals surface area (Å²) in [6.45, 7) is 0.0890. The fraction of sp³-hybridized carbons (Fsp3) is 0.0909. The Morgan fingerprint density at radius 3 is 1.50 bits per heavy atom. The van der Waals surface area contributed by atoms with Crippen molar-refractivity contribution in [2.45, 2.75) is 13.2 Å². The van der Waals surface area contributed by atoms with Gasteiger partial charge >= 0.3 is 11.9 Å². The van der Waals surface area contributed by atoms with E-state index in [2.05, 4.69) is 0 Å². The number of ether oxygens (including phenoxy) is 2. The van der Waals surface area contributed by atoms with Gasteiger partial charge in [-0.2, -0.15) is 0 Å². The lowest BCUT2D eigenvalue weighted by molar-refractivity contribution is 0.0471. The molecule has 3 aromatic rings. The summed E-state index contributed by atoms with van der Waals surface area (Å²) in [5.74, 6) is -1.11. The van der Waals surface area contributed by atoms with Gasteiger partial charge in [0.15, 0.2) is 0 Å². The van der Waals surface area contributed by atoms with Crippen LogP contribution in [0.3, 0.4) is 0 Å². The quantitative estimate of drug-likeness (QED) is 0.634. The third kappa shape index (κ3) is 5.11. The van der Waals surface area contributed by atoms with Crippen LogP contribution in [0, 0.1) is 0 Å². The molecule has 142 valence electrons. The van der Waals surface area contributed by atoms with Gasteiger partial charge in [-0.25, -0.2) is 9.59 Å². The molecule has 6 heteroatoms. The van der Waals surface area contributed by atoms with Crippen LogP contribution in [0.25, 0.3) is 0 Å². The number of phenols is 2. The molecule has 0 aliphatic heterocycles. The summed E-state index contributed by atoms with van der Waals surface area (Å²) in [5.41, 5.74) is 1.99. The molecular weight excluding hydrogens is 360 g/mol. The molecule has 0 aliphatic carbocycles. The van der Waals surface area contributed by atoms with E-state index in [1.54, 1.807) is 48.5 Å². The average molecular weight is 378 g/mol. The summed E-state index contributed by atoms with van der Waals surface area (Å²) in [6.07, 6.45) is 0. The standard InChI is InChI=1S/C22H18O6/c23-19-8-2-6-17(11-19)21(25)27-13-15-4-1-5-16(10-15)14-28-22(26)18-7-3-9-20(24)12-18/h1-12,23-24H,13-14H2. The minimum absolute atomic E-state index is 0.00926. The van der Waals surface area contributed by atoms with Gasteiger partial charge in [-0.3, -0.25) is 0 Å². The number of rotatable bonds is 6. The lowest BCUT2D eigenvalue weighted by Crippen LogP contribution is -2.06. The van der Waals surface area contributed by atoms with Crippen LogP contribution in [0.5, 0.6) is 11.5 Å². The zero-order valence-corrected chi connectivity index (χ0v) is 14.9. The molecule has 0 spiro atoms. The molecule has 0 aliphatic rings. The van der Waals surface area contributed by atoms with Crippen LogP contribution in [0.4, 0.5) is 0 Å². The Kier molecular flexibility index (Phi) is 5.91. The van der Waals surface area contributed by atoms with Gasteiger partial charge in [0.1, 0.15) is 24.7 Å². The first-order chi connectivity index (χ1) is 13.5. The molecule has 0 atom stereocenters. The number of aromatic hydroxyl groups is 2. The Hall–Kier alpha value is -3.80. The molecule has 0 unspecified atom stereocenters. The van der Waals surface area contributed by atoms with Gasteiger partial charge in [0.05, 0.1) is 11.1 Å². The first kappa shape index (κ1) is 19.0. The number of hydrogen-bond acceptors (Lipinski definition) is 6. The van der Waals surface area contributed by atoms with Crippen molar-refractivity contribution in [3.05, 3.63) is 95.1 Å². The molecule has 0 fully saturated rings. The van der Waals surface area contributed by atoms with E-state index in [0.29, 0.717) is 0 Å². The zero-order valence-electron chi connectivity index (χ0n) is 14.9. The maximum Gasteiger partial charge on any atom is 0.338 e. The van der Waals surface area contributed by atoms with Crippen LogP contribution in [0.1, 0.15) is 31.8 Å². The van der Waals surface area contributed by atoms with Crippen molar-refractivity contribution in [3.8, 4) is 11.5 Å². The first-order valence-corrected chi connectivity index (χ1v) is 8.51. The lowest BCUT2D eigenvalue weighted by atomic mass is 10.1. The van der Waals surface area contributed by atoms with Gasteiger partial charge in [-0.15, -0.1) is 0 Å². The molecule has 3 aromatic carbocycles. The monoisotopic (exact) mass is 378 g/mol. The van der Waals surface area contributed by atoms with E-state index in [1.807, 2.05) is 0 Å².